The Bertz CT molecular complexity index is 143. The number of aliphatic carboxylic acids is 1. The van der Waals surface area contributed by atoms with Gasteiger partial charge in [-0.25, -0.2) is 0 Å². The smallest absolute Gasteiger partial charge is 0.305 e. The van der Waals surface area contributed by atoms with Crippen LogP contribution in [0.1, 0.15) is 12.8 Å². The van der Waals surface area contributed by atoms with E-state index in [0.717, 1.165) is 0 Å². The Morgan fingerprint density at radius 1 is 1.55 bits per heavy atom. The molecule has 0 aliphatic rings. The third kappa shape index (κ3) is 5.57. The van der Waals surface area contributed by atoms with Gasteiger partial charge < -0.3 is 15.3 Å². The van der Waals surface area contributed by atoms with Crippen LogP contribution in [0, 0.1) is 0 Å². The van der Waals surface area contributed by atoms with Gasteiger partial charge in [-0.1, -0.05) is 6.08 Å². The van der Waals surface area contributed by atoms with Crippen LogP contribution in [0.3, 0.4) is 0 Å². The number of carboxylic acid groups (broad SMARTS) is 1. The highest BCUT2D eigenvalue weighted by Crippen LogP contribution is 2.02. The molecule has 2 atom stereocenters. The monoisotopic (exact) mass is 160 g/mol. The minimum Gasteiger partial charge on any atom is -0.481 e. The van der Waals surface area contributed by atoms with Crippen LogP contribution in [0.25, 0.3) is 0 Å². The van der Waals surface area contributed by atoms with Gasteiger partial charge in [0, 0.05) is 6.42 Å². The second-order valence-electron chi connectivity index (χ2n) is 2.29. The van der Waals surface area contributed by atoms with Crippen LogP contribution < -0.4 is 0 Å². The van der Waals surface area contributed by atoms with Gasteiger partial charge in [0.05, 0.1) is 18.6 Å². The van der Waals surface area contributed by atoms with Gasteiger partial charge in [-0.3, -0.25) is 4.79 Å². The molecule has 0 aliphatic carbocycles. The van der Waals surface area contributed by atoms with E-state index in [1.807, 2.05) is 0 Å². The Kier molecular flexibility index (Phi) is 4.49. The summed E-state index contributed by atoms with van der Waals surface area (Å²) in [4.78, 5) is 10.0. The lowest BCUT2D eigenvalue weighted by Gasteiger charge is -2.09. The van der Waals surface area contributed by atoms with Crippen LogP contribution in [0.15, 0.2) is 12.7 Å². The van der Waals surface area contributed by atoms with E-state index in [1.54, 1.807) is 0 Å². The number of hydrogen-bond donors (Lipinski definition) is 3. The van der Waals surface area contributed by atoms with Crippen LogP contribution in [0.5, 0.6) is 0 Å². The topological polar surface area (TPSA) is 77.8 Å². The summed E-state index contributed by atoms with van der Waals surface area (Å²) in [5, 5.41) is 26.0. The molecule has 0 aromatic carbocycles. The van der Waals surface area contributed by atoms with E-state index >= 15 is 0 Å². The molecule has 1 unspecified atom stereocenters. The van der Waals surface area contributed by atoms with Gasteiger partial charge >= 0.3 is 5.97 Å². The molecule has 0 aromatic rings. The standard InChI is InChI=1S/C7H12O4/c1-2-5(8)3-6(9)4-7(10)11/h2,5-6,8-9H,1,3-4H2,(H,10,11)/t5?,6-/m1/s1. The molecule has 11 heavy (non-hydrogen) atoms. The van der Waals surface area contributed by atoms with Gasteiger partial charge in [0.15, 0.2) is 0 Å². The fourth-order valence-corrected chi connectivity index (χ4v) is 0.660. The molecule has 0 spiro atoms. The SMILES string of the molecule is C=CC(O)C[C@@H](O)CC(=O)O. The van der Waals surface area contributed by atoms with E-state index in [9.17, 15) is 4.79 Å². The molecule has 0 saturated heterocycles. The lowest BCUT2D eigenvalue weighted by atomic mass is 10.1. The average molecular weight is 160 g/mol. The molecule has 0 aliphatic heterocycles. The molecule has 4 nitrogen and oxygen atoms in total. The first-order chi connectivity index (χ1) is 5.06. The van der Waals surface area contributed by atoms with Crippen molar-refractivity contribution in [1.82, 2.24) is 0 Å². The zero-order valence-electron chi connectivity index (χ0n) is 6.10. The first-order valence-electron chi connectivity index (χ1n) is 3.26. The molecule has 4 heteroatoms. The first-order valence-corrected chi connectivity index (χ1v) is 3.26. The number of carbonyl (C=O) groups is 1. The van der Waals surface area contributed by atoms with Gasteiger partial charge in [-0.05, 0) is 0 Å². The van der Waals surface area contributed by atoms with Crippen molar-refractivity contribution in [3.8, 4) is 0 Å². The molecular weight excluding hydrogens is 148 g/mol. The molecule has 3 N–H and O–H groups in total. The number of carboxylic acids is 1. The highest BCUT2D eigenvalue weighted by molar-refractivity contribution is 5.67. The predicted molar refractivity (Wildman–Crippen MR) is 39.1 cm³/mol. The molecule has 0 fully saturated rings. The van der Waals surface area contributed by atoms with Gasteiger partial charge in [0.1, 0.15) is 0 Å². The van der Waals surface area contributed by atoms with Crippen molar-refractivity contribution in [2.75, 3.05) is 0 Å². The average Bonchev–Trinajstić information content (AvgIpc) is 1.85. The summed E-state index contributed by atoms with van der Waals surface area (Å²) in [6.45, 7) is 3.28. The number of rotatable bonds is 5. The molecule has 0 bridgehead atoms. The van der Waals surface area contributed by atoms with E-state index in [4.69, 9.17) is 15.3 Å². The highest BCUT2D eigenvalue weighted by atomic mass is 16.4. The lowest BCUT2D eigenvalue weighted by Crippen LogP contribution is -2.18. The van der Waals surface area contributed by atoms with Crippen molar-refractivity contribution in [3.05, 3.63) is 12.7 Å². The van der Waals surface area contributed by atoms with E-state index in [-0.39, 0.29) is 12.8 Å². The summed E-state index contributed by atoms with van der Waals surface area (Å²) in [5.41, 5.74) is 0. The fraction of sp³-hybridized carbons (Fsp3) is 0.571. The number of hydrogen-bond acceptors (Lipinski definition) is 3. The van der Waals surface area contributed by atoms with Crippen molar-refractivity contribution >= 4 is 5.97 Å². The van der Waals surface area contributed by atoms with Crippen LogP contribution in [0.2, 0.25) is 0 Å². The van der Waals surface area contributed by atoms with Gasteiger partial charge in [0.25, 0.3) is 0 Å². The van der Waals surface area contributed by atoms with E-state index < -0.39 is 18.2 Å². The normalized spacial score (nSPS) is 15.5. The van der Waals surface area contributed by atoms with Crippen molar-refractivity contribution in [2.24, 2.45) is 0 Å². The summed E-state index contributed by atoms with van der Waals surface area (Å²) in [6.07, 6.45) is -0.893. The maximum Gasteiger partial charge on any atom is 0.305 e. The number of aliphatic hydroxyl groups is 2. The molecule has 64 valence electrons. The Hall–Kier alpha value is -0.870. The molecule has 0 radical (unpaired) electrons. The van der Waals surface area contributed by atoms with Crippen LogP contribution in [-0.4, -0.2) is 33.5 Å². The van der Waals surface area contributed by atoms with Crippen LogP contribution in [-0.2, 0) is 4.79 Å². The Balaban J connectivity index is 3.59. The van der Waals surface area contributed by atoms with Crippen molar-refractivity contribution in [3.63, 3.8) is 0 Å². The zero-order chi connectivity index (χ0) is 8.85. The van der Waals surface area contributed by atoms with Crippen molar-refractivity contribution < 1.29 is 20.1 Å². The van der Waals surface area contributed by atoms with Gasteiger partial charge in [-0.15, -0.1) is 6.58 Å². The molecule has 0 amide bonds. The molecule has 0 rings (SSSR count). The molecule has 0 aromatic heterocycles. The molecular formula is C7H12O4. The van der Waals surface area contributed by atoms with E-state index in [1.165, 1.54) is 6.08 Å². The summed E-state index contributed by atoms with van der Waals surface area (Å²) in [7, 11) is 0. The van der Waals surface area contributed by atoms with Crippen LogP contribution in [0.4, 0.5) is 0 Å². The third-order valence-corrected chi connectivity index (χ3v) is 1.20. The Morgan fingerprint density at radius 3 is 2.45 bits per heavy atom. The van der Waals surface area contributed by atoms with Gasteiger partial charge in [-0.2, -0.15) is 0 Å². The largest absolute Gasteiger partial charge is 0.481 e. The van der Waals surface area contributed by atoms with Crippen molar-refractivity contribution in [1.29, 1.82) is 0 Å². The Labute approximate surface area is 64.8 Å². The fourth-order valence-electron chi connectivity index (χ4n) is 0.660. The maximum atomic E-state index is 10.0. The molecule has 0 saturated carbocycles. The first kappa shape index (κ1) is 10.1. The lowest BCUT2D eigenvalue weighted by molar-refractivity contribution is -0.139. The van der Waals surface area contributed by atoms with Crippen LogP contribution >= 0.6 is 0 Å². The number of aliphatic hydroxyl groups excluding tert-OH is 2. The predicted octanol–water partition coefficient (Wildman–Crippen LogP) is -0.241. The third-order valence-electron chi connectivity index (χ3n) is 1.20. The minimum atomic E-state index is -1.08. The van der Waals surface area contributed by atoms with Crippen molar-refractivity contribution in [2.45, 2.75) is 25.0 Å². The highest BCUT2D eigenvalue weighted by Gasteiger charge is 2.12. The summed E-state index contributed by atoms with van der Waals surface area (Å²) < 4.78 is 0. The zero-order valence-corrected chi connectivity index (χ0v) is 6.10. The summed E-state index contributed by atoms with van der Waals surface area (Å²) in [6, 6.07) is 0. The molecule has 0 heterocycles. The quantitative estimate of drug-likeness (QED) is 0.485. The second-order valence-corrected chi connectivity index (χ2v) is 2.29. The van der Waals surface area contributed by atoms with E-state index in [2.05, 4.69) is 6.58 Å². The van der Waals surface area contributed by atoms with Gasteiger partial charge in [0.2, 0.25) is 0 Å². The minimum absolute atomic E-state index is 0.0236. The summed E-state index contributed by atoms with van der Waals surface area (Å²) >= 11 is 0. The Morgan fingerprint density at radius 2 is 2.09 bits per heavy atom. The second kappa shape index (κ2) is 4.87. The summed E-state index contributed by atoms with van der Waals surface area (Å²) in [5.74, 6) is -1.08. The van der Waals surface area contributed by atoms with E-state index in [0.29, 0.717) is 0 Å². The maximum absolute atomic E-state index is 10.0.